The number of thiazole rings is 1. The van der Waals surface area contributed by atoms with Gasteiger partial charge in [-0.1, -0.05) is 23.5 Å². The molecule has 1 atom stereocenters. The molecule has 2 aromatic heterocycles. The van der Waals surface area contributed by atoms with Gasteiger partial charge in [0.1, 0.15) is 16.3 Å². The van der Waals surface area contributed by atoms with Crippen molar-refractivity contribution >= 4 is 51.1 Å². The zero-order valence-electron chi connectivity index (χ0n) is 18.2. The average Bonchev–Trinajstić information content (AvgIpc) is 3.36. The maximum absolute atomic E-state index is 13.9. The Labute approximate surface area is 201 Å². The minimum atomic E-state index is -0.863. The first-order valence-corrected chi connectivity index (χ1v) is 12.2. The molecule has 0 bridgehead atoms. The topological polar surface area (TPSA) is 89.7 Å². The van der Waals surface area contributed by atoms with Crippen LogP contribution in [0.15, 0.2) is 56.6 Å². The number of halogens is 1. The number of nitrogens with zero attached hydrogens (tertiary/aromatic N) is 2. The van der Waals surface area contributed by atoms with E-state index in [1.807, 2.05) is 30.5 Å². The molecule has 4 aromatic rings. The summed E-state index contributed by atoms with van der Waals surface area (Å²) in [4.78, 5) is 46.3. The van der Waals surface area contributed by atoms with Gasteiger partial charge >= 0.3 is 5.97 Å². The zero-order chi connectivity index (χ0) is 24.1. The number of methoxy groups -OCH3 is 1. The molecule has 0 N–H and O–H groups in total. The van der Waals surface area contributed by atoms with Gasteiger partial charge in [-0.3, -0.25) is 14.5 Å². The number of esters is 1. The summed E-state index contributed by atoms with van der Waals surface area (Å²) in [5, 5.41) is 0.271. The van der Waals surface area contributed by atoms with E-state index >= 15 is 0 Å². The first-order chi connectivity index (χ1) is 16.3. The van der Waals surface area contributed by atoms with Crippen molar-refractivity contribution < 1.29 is 23.1 Å². The number of amides is 1. The molecular weight excluding hydrogens is 479 g/mol. The predicted molar refractivity (Wildman–Crippen MR) is 128 cm³/mol. The van der Waals surface area contributed by atoms with Gasteiger partial charge in [0.05, 0.1) is 29.8 Å². The third-order valence-electron chi connectivity index (χ3n) is 5.63. The van der Waals surface area contributed by atoms with E-state index in [1.54, 1.807) is 18.7 Å². The van der Waals surface area contributed by atoms with E-state index in [4.69, 9.17) is 9.15 Å². The summed E-state index contributed by atoms with van der Waals surface area (Å²) in [6.07, 6.45) is 1.94. The largest absolute Gasteiger partial charge is 0.465 e. The minimum absolute atomic E-state index is 0.0460. The number of hydrogen-bond acceptors (Lipinski definition) is 8. The van der Waals surface area contributed by atoms with Gasteiger partial charge in [-0.2, -0.15) is 0 Å². The third kappa shape index (κ3) is 3.41. The van der Waals surface area contributed by atoms with Crippen LogP contribution in [0.5, 0.6) is 0 Å². The lowest BCUT2D eigenvalue weighted by atomic mass is 9.99. The Balaban J connectivity index is 1.77. The number of carbonyl (C=O) groups is 2. The fourth-order valence-electron chi connectivity index (χ4n) is 4.01. The summed E-state index contributed by atoms with van der Waals surface area (Å²) in [7, 11) is 1.27. The van der Waals surface area contributed by atoms with E-state index in [-0.39, 0.29) is 32.3 Å². The summed E-state index contributed by atoms with van der Waals surface area (Å²) in [6.45, 7) is 1.64. The van der Waals surface area contributed by atoms with Gasteiger partial charge in [0.25, 0.3) is 5.91 Å². The second-order valence-electron chi connectivity index (χ2n) is 7.57. The third-order valence-corrected chi connectivity index (χ3v) is 7.51. The quantitative estimate of drug-likeness (QED) is 0.292. The van der Waals surface area contributed by atoms with Gasteiger partial charge in [0, 0.05) is 4.90 Å². The molecule has 34 heavy (non-hydrogen) atoms. The number of ether oxygens (including phenoxy) is 1. The second-order valence-corrected chi connectivity index (χ2v) is 9.43. The van der Waals surface area contributed by atoms with Crippen molar-refractivity contribution in [1.82, 2.24) is 4.98 Å². The number of anilines is 1. The van der Waals surface area contributed by atoms with Gasteiger partial charge in [-0.25, -0.2) is 14.2 Å². The van der Waals surface area contributed by atoms with Gasteiger partial charge < -0.3 is 9.15 Å². The molecular formula is C24H17FN2O5S2. The zero-order valence-corrected chi connectivity index (χ0v) is 19.9. The Bertz CT molecular complexity index is 1530. The van der Waals surface area contributed by atoms with E-state index in [9.17, 15) is 18.8 Å². The van der Waals surface area contributed by atoms with Crippen molar-refractivity contribution in [2.45, 2.75) is 17.9 Å². The predicted octanol–water partition coefficient (Wildman–Crippen LogP) is 4.96. The van der Waals surface area contributed by atoms with Gasteiger partial charge in [-0.15, -0.1) is 11.8 Å². The molecule has 0 spiro atoms. The number of hydrogen-bond donors (Lipinski definition) is 0. The Morgan fingerprint density at radius 2 is 1.94 bits per heavy atom. The van der Waals surface area contributed by atoms with Crippen LogP contribution in [0.4, 0.5) is 9.52 Å². The van der Waals surface area contributed by atoms with E-state index in [2.05, 4.69) is 4.98 Å². The summed E-state index contributed by atoms with van der Waals surface area (Å²) < 4.78 is 24.6. The number of carbonyl (C=O) groups excluding carboxylic acids is 2. The van der Waals surface area contributed by atoms with Crippen molar-refractivity contribution in [2.75, 3.05) is 18.3 Å². The highest BCUT2D eigenvalue weighted by Gasteiger charge is 2.45. The van der Waals surface area contributed by atoms with Crippen LogP contribution < -0.4 is 10.3 Å². The molecule has 1 amide bonds. The highest BCUT2D eigenvalue weighted by atomic mass is 32.2. The molecule has 7 nitrogen and oxygen atoms in total. The standard InChI is InChI=1S/C24H17FN2O5S2/c1-11-21(23(30)31-2)34-24(26-11)27-18(12-4-7-14(33-3)8-5-12)17-19(28)15-10-13(25)6-9-16(15)32-20(17)22(27)29/h4-10,18H,1-3H3/t18-/m0/s1. The molecule has 0 fully saturated rings. The number of benzene rings is 2. The molecule has 0 aliphatic carbocycles. The summed E-state index contributed by atoms with van der Waals surface area (Å²) >= 11 is 2.55. The van der Waals surface area contributed by atoms with Crippen molar-refractivity contribution in [1.29, 1.82) is 0 Å². The van der Waals surface area contributed by atoms with Gasteiger partial charge in [0.15, 0.2) is 10.6 Å². The van der Waals surface area contributed by atoms with Crippen molar-refractivity contribution in [3.63, 3.8) is 0 Å². The molecule has 2 aromatic carbocycles. The molecule has 1 aliphatic heterocycles. The van der Waals surface area contributed by atoms with Crippen LogP contribution in [0, 0.1) is 12.7 Å². The molecule has 3 heterocycles. The molecule has 0 saturated carbocycles. The number of aryl methyl sites for hydroxylation is 1. The number of fused-ring (bicyclic) bond motifs is 2. The van der Waals surface area contributed by atoms with Crippen molar-refractivity contribution in [3.05, 3.63) is 86.0 Å². The smallest absolute Gasteiger partial charge is 0.350 e. The van der Waals surface area contributed by atoms with Crippen molar-refractivity contribution in [3.8, 4) is 0 Å². The van der Waals surface area contributed by atoms with E-state index in [0.29, 0.717) is 11.3 Å². The molecule has 5 rings (SSSR count). The maximum Gasteiger partial charge on any atom is 0.350 e. The Hall–Kier alpha value is -3.50. The Morgan fingerprint density at radius 3 is 2.62 bits per heavy atom. The molecule has 172 valence electrons. The maximum atomic E-state index is 13.9. The minimum Gasteiger partial charge on any atom is -0.465 e. The van der Waals surface area contributed by atoms with E-state index in [0.717, 1.165) is 22.3 Å². The highest BCUT2D eigenvalue weighted by Crippen LogP contribution is 2.43. The monoisotopic (exact) mass is 496 g/mol. The summed E-state index contributed by atoms with van der Waals surface area (Å²) in [5.74, 6) is -1.85. The van der Waals surface area contributed by atoms with Crippen LogP contribution in [-0.2, 0) is 4.74 Å². The fourth-order valence-corrected chi connectivity index (χ4v) is 5.43. The normalized spacial score (nSPS) is 15.1. The number of rotatable bonds is 4. The van der Waals surface area contributed by atoms with E-state index < -0.39 is 29.2 Å². The fraction of sp³-hybridized carbons (Fsp3) is 0.167. The molecule has 0 saturated heterocycles. The number of thioether (sulfide) groups is 1. The van der Waals surface area contributed by atoms with Crippen LogP contribution in [0.25, 0.3) is 11.0 Å². The Kier molecular flexibility index (Phi) is 5.49. The summed E-state index contributed by atoms with van der Waals surface area (Å²) in [5.41, 5.74) is 0.779. The lowest BCUT2D eigenvalue weighted by molar-refractivity contribution is 0.0605. The summed E-state index contributed by atoms with van der Waals surface area (Å²) in [6, 6.07) is 10.1. The lowest BCUT2D eigenvalue weighted by Gasteiger charge is -2.22. The van der Waals surface area contributed by atoms with Gasteiger partial charge in [0.2, 0.25) is 5.76 Å². The molecule has 10 heteroatoms. The van der Waals surface area contributed by atoms with Gasteiger partial charge in [-0.05, 0) is 49.1 Å². The first kappa shape index (κ1) is 22.3. The van der Waals surface area contributed by atoms with Crippen molar-refractivity contribution in [2.24, 2.45) is 0 Å². The van der Waals surface area contributed by atoms with Crippen LogP contribution in [0.3, 0.4) is 0 Å². The molecule has 1 aliphatic rings. The van der Waals surface area contributed by atoms with Crippen LogP contribution >= 0.6 is 23.1 Å². The Morgan fingerprint density at radius 1 is 1.21 bits per heavy atom. The highest BCUT2D eigenvalue weighted by molar-refractivity contribution is 7.98. The van der Waals surface area contributed by atoms with E-state index in [1.165, 1.54) is 24.1 Å². The van der Waals surface area contributed by atoms with Crippen LogP contribution in [0.2, 0.25) is 0 Å². The molecule has 0 unspecified atom stereocenters. The SMILES string of the molecule is COC(=O)c1sc(N2C(=O)c3oc4ccc(F)cc4c(=O)c3[C@@H]2c2ccc(SC)cc2)nc1C. The molecule has 0 radical (unpaired) electrons. The number of aromatic nitrogens is 1. The van der Waals surface area contributed by atoms with Crippen LogP contribution in [0.1, 0.15) is 43.1 Å². The first-order valence-electron chi connectivity index (χ1n) is 10.1. The second kappa shape index (κ2) is 8.37. The van der Waals surface area contributed by atoms with Crippen LogP contribution in [-0.4, -0.2) is 30.2 Å². The lowest BCUT2D eigenvalue weighted by Crippen LogP contribution is -2.29. The average molecular weight is 497 g/mol.